The van der Waals surface area contributed by atoms with E-state index in [4.69, 9.17) is 21.4 Å². The van der Waals surface area contributed by atoms with Crippen LogP contribution in [0.5, 0.6) is 0 Å². The molecule has 0 saturated heterocycles. The molecular formula is C13H20ClNO4S. The summed E-state index contributed by atoms with van der Waals surface area (Å²) in [6.45, 7) is 3.02. The highest BCUT2D eigenvalue weighted by Crippen LogP contribution is 2.20. The molecule has 0 atom stereocenters. The van der Waals surface area contributed by atoms with Gasteiger partial charge in [0.25, 0.3) is 0 Å². The van der Waals surface area contributed by atoms with Crippen LogP contribution in [0.3, 0.4) is 0 Å². The first-order valence-electron chi connectivity index (χ1n) is 6.48. The van der Waals surface area contributed by atoms with Crippen LogP contribution in [-0.2, 0) is 21.4 Å². The van der Waals surface area contributed by atoms with Crippen LogP contribution < -0.4 is 4.72 Å². The molecule has 7 heteroatoms. The number of benzene rings is 1. The van der Waals surface area contributed by atoms with E-state index in [1.54, 1.807) is 0 Å². The zero-order valence-electron chi connectivity index (χ0n) is 11.4. The summed E-state index contributed by atoms with van der Waals surface area (Å²) in [6.07, 6.45) is 2.01. The minimum absolute atomic E-state index is 0.0771. The maximum atomic E-state index is 12.0. The van der Waals surface area contributed by atoms with Gasteiger partial charge in [-0.25, -0.2) is 13.1 Å². The first kappa shape index (κ1) is 17.4. The average Bonchev–Trinajstić information content (AvgIpc) is 2.42. The normalized spacial score (nSPS) is 11.8. The van der Waals surface area contributed by atoms with Gasteiger partial charge in [0.2, 0.25) is 10.0 Å². The van der Waals surface area contributed by atoms with Crippen molar-refractivity contribution in [1.29, 1.82) is 0 Å². The molecule has 0 aliphatic heterocycles. The van der Waals surface area contributed by atoms with E-state index >= 15 is 0 Å². The minimum atomic E-state index is -3.60. The van der Waals surface area contributed by atoms with Gasteiger partial charge in [-0.05, 0) is 24.1 Å². The lowest BCUT2D eigenvalue weighted by Gasteiger charge is -2.09. The maximum Gasteiger partial charge on any atom is 0.240 e. The van der Waals surface area contributed by atoms with Crippen molar-refractivity contribution in [3.05, 3.63) is 28.8 Å². The van der Waals surface area contributed by atoms with Crippen LogP contribution in [0, 0.1) is 0 Å². The van der Waals surface area contributed by atoms with Gasteiger partial charge < -0.3 is 9.84 Å². The van der Waals surface area contributed by atoms with E-state index in [2.05, 4.69) is 11.6 Å². The standard InChI is InChI=1S/C13H20ClNO4S/c1-2-3-7-19-8-6-15-20(17,18)12-5-4-11(10-16)13(14)9-12/h4-5,9,15-16H,2-3,6-8,10H2,1H3. The molecule has 0 aliphatic carbocycles. The molecule has 0 bridgehead atoms. The Morgan fingerprint density at radius 2 is 2.10 bits per heavy atom. The molecule has 0 fully saturated rings. The second kappa shape index (κ2) is 8.59. The maximum absolute atomic E-state index is 12.0. The summed E-state index contributed by atoms with van der Waals surface area (Å²) in [4.78, 5) is 0.0771. The molecule has 114 valence electrons. The van der Waals surface area contributed by atoms with Gasteiger partial charge in [-0.1, -0.05) is 31.0 Å². The molecule has 1 aromatic carbocycles. The third-order valence-corrected chi connectivity index (χ3v) is 4.50. The fourth-order valence-electron chi connectivity index (χ4n) is 1.50. The zero-order valence-corrected chi connectivity index (χ0v) is 13.0. The average molecular weight is 322 g/mol. The number of ether oxygens (including phenoxy) is 1. The van der Waals surface area contributed by atoms with Crippen LogP contribution in [-0.4, -0.2) is 33.3 Å². The Kier molecular flexibility index (Phi) is 7.47. The smallest absolute Gasteiger partial charge is 0.240 e. The molecule has 0 saturated carbocycles. The van der Waals surface area contributed by atoms with Crippen LogP contribution in [0.4, 0.5) is 0 Å². The van der Waals surface area contributed by atoms with Crippen LogP contribution >= 0.6 is 11.6 Å². The van der Waals surface area contributed by atoms with E-state index in [1.165, 1.54) is 18.2 Å². The molecule has 20 heavy (non-hydrogen) atoms. The molecule has 2 N–H and O–H groups in total. The number of aliphatic hydroxyl groups is 1. The molecule has 0 heterocycles. The van der Waals surface area contributed by atoms with E-state index in [-0.39, 0.29) is 23.1 Å². The molecule has 0 aliphatic rings. The van der Waals surface area contributed by atoms with Crippen LogP contribution in [0.1, 0.15) is 25.3 Å². The Morgan fingerprint density at radius 3 is 2.70 bits per heavy atom. The van der Waals surface area contributed by atoms with Crippen molar-refractivity contribution < 1.29 is 18.3 Å². The first-order chi connectivity index (χ1) is 9.51. The van der Waals surface area contributed by atoms with E-state index < -0.39 is 10.0 Å². The lowest BCUT2D eigenvalue weighted by atomic mass is 10.2. The summed E-state index contributed by atoms with van der Waals surface area (Å²) < 4.78 is 31.7. The zero-order chi connectivity index (χ0) is 15.0. The fraction of sp³-hybridized carbons (Fsp3) is 0.538. The minimum Gasteiger partial charge on any atom is -0.392 e. The molecule has 1 aromatic rings. The highest BCUT2D eigenvalue weighted by Gasteiger charge is 2.14. The van der Waals surface area contributed by atoms with Crippen LogP contribution in [0.25, 0.3) is 0 Å². The molecule has 1 rings (SSSR count). The van der Waals surface area contributed by atoms with Crippen molar-refractivity contribution in [3.8, 4) is 0 Å². The highest BCUT2D eigenvalue weighted by molar-refractivity contribution is 7.89. The van der Waals surface area contributed by atoms with Gasteiger partial charge in [-0.3, -0.25) is 0 Å². The van der Waals surface area contributed by atoms with Gasteiger partial charge in [0.1, 0.15) is 0 Å². The largest absolute Gasteiger partial charge is 0.392 e. The van der Waals surface area contributed by atoms with Crippen LogP contribution in [0.2, 0.25) is 5.02 Å². The first-order valence-corrected chi connectivity index (χ1v) is 8.34. The van der Waals surface area contributed by atoms with E-state index in [0.29, 0.717) is 18.8 Å². The van der Waals surface area contributed by atoms with Crippen molar-refractivity contribution in [2.24, 2.45) is 0 Å². The van der Waals surface area contributed by atoms with Crippen LogP contribution in [0.15, 0.2) is 23.1 Å². The van der Waals surface area contributed by atoms with Gasteiger partial charge in [-0.2, -0.15) is 0 Å². The predicted octanol–water partition coefficient (Wildman–Crippen LogP) is 1.93. The number of aliphatic hydroxyl groups excluding tert-OH is 1. The Labute approximate surface area is 125 Å². The second-order valence-corrected chi connectivity index (χ2v) is 6.45. The Hall–Kier alpha value is -0.660. The van der Waals surface area contributed by atoms with Crippen molar-refractivity contribution in [3.63, 3.8) is 0 Å². The number of halogens is 1. The third-order valence-electron chi connectivity index (χ3n) is 2.69. The summed E-state index contributed by atoms with van der Waals surface area (Å²) in [7, 11) is -3.60. The lowest BCUT2D eigenvalue weighted by molar-refractivity contribution is 0.136. The molecular weight excluding hydrogens is 302 g/mol. The summed E-state index contributed by atoms with van der Waals surface area (Å²) in [5, 5.41) is 9.22. The van der Waals surface area contributed by atoms with Gasteiger partial charge >= 0.3 is 0 Å². The van der Waals surface area contributed by atoms with Crippen molar-refractivity contribution in [2.75, 3.05) is 19.8 Å². The molecule has 0 amide bonds. The van der Waals surface area contributed by atoms with Crippen molar-refractivity contribution in [2.45, 2.75) is 31.3 Å². The summed E-state index contributed by atoms with van der Waals surface area (Å²) in [5.74, 6) is 0. The topological polar surface area (TPSA) is 75.6 Å². The summed E-state index contributed by atoms with van der Waals surface area (Å²) >= 11 is 5.88. The van der Waals surface area contributed by atoms with Gasteiger partial charge in [0.05, 0.1) is 18.1 Å². The van der Waals surface area contributed by atoms with Gasteiger partial charge in [-0.15, -0.1) is 0 Å². The number of rotatable bonds is 9. The molecule has 0 spiro atoms. The Bertz CT molecular complexity index is 519. The number of nitrogens with one attached hydrogen (secondary N) is 1. The Balaban J connectivity index is 2.54. The summed E-state index contributed by atoms with van der Waals surface area (Å²) in [6, 6.07) is 4.24. The lowest BCUT2D eigenvalue weighted by Crippen LogP contribution is -2.27. The molecule has 0 radical (unpaired) electrons. The van der Waals surface area contributed by atoms with Crippen molar-refractivity contribution in [1.82, 2.24) is 4.72 Å². The SMILES string of the molecule is CCCCOCCNS(=O)(=O)c1ccc(CO)c(Cl)c1. The number of sulfonamides is 1. The number of hydrogen-bond donors (Lipinski definition) is 2. The monoisotopic (exact) mass is 321 g/mol. The quantitative estimate of drug-likeness (QED) is 0.681. The molecule has 0 unspecified atom stereocenters. The van der Waals surface area contributed by atoms with E-state index in [9.17, 15) is 8.42 Å². The van der Waals surface area contributed by atoms with Crippen molar-refractivity contribution >= 4 is 21.6 Å². The summed E-state index contributed by atoms with van der Waals surface area (Å²) in [5.41, 5.74) is 0.494. The highest BCUT2D eigenvalue weighted by atomic mass is 35.5. The molecule has 0 aromatic heterocycles. The van der Waals surface area contributed by atoms with Gasteiger partial charge in [0, 0.05) is 18.2 Å². The fourth-order valence-corrected chi connectivity index (χ4v) is 2.85. The van der Waals surface area contributed by atoms with E-state index in [0.717, 1.165) is 12.8 Å². The number of unbranched alkanes of at least 4 members (excludes halogenated alkanes) is 1. The predicted molar refractivity (Wildman–Crippen MR) is 78.3 cm³/mol. The third kappa shape index (κ3) is 5.38. The second-order valence-electron chi connectivity index (χ2n) is 4.28. The number of hydrogen-bond acceptors (Lipinski definition) is 4. The Morgan fingerprint density at radius 1 is 1.35 bits per heavy atom. The molecule has 5 nitrogen and oxygen atoms in total. The van der Waals surface area contributed by atoms with Gasteiger partial charge in [0.15, 0.2) is 0 Å². The van der Waals surface area contributed by atoms with E-state index in [1.807, 2.05) is 0 Å².